The van der Waals surface area contributed by atoms with Gasteiger partial charge in [0, 0.05) is 10.8 Å². The van der Waals surface area contributed by atoms with Gasteiger partial charge < -0.3 is 0 Å². The van der Waals surface area contributed by atoms with E-state index in [9.17, 15) is 4.79 Å². The molecule has 3 fully saturated rings. The Morgan fingerprint density at radius 3 is 2.43 bits per heavy atom. The van der Waals surface area contributed by atoms with Crippen molar-refractivity contribution in [1.29, 1.82) is 0 Å². The van der Waals surface area contributed by atoms with Crippen LogP contribution >= 0.6 is 0 Å². The van der Waals surface area contributed by atoms with Crippen LogP contribution in [-0.2, 0) is 4.79 Å². The molecule has 0 saturated heterocycles. The number of hydrogen-bond acceptors (Lipinski definition) is 1. The number of carbonyl (C=O) groups excluding carboxylic acids is 1. The molecule has 0 radical (unpaired) electrons. The van der Waals surface area contributed by atoms with Crippen LogP contribution in [0.25, 0.3) is 0 Å². The Kier molecular flexibility index (Phi) is 3.27. The summed E-state index contributed by atoms with van der Waals surface area (Å²) in [7, 11) is 0. The average Bonchev–Trinajstić information content (AvgIpc) is 2.68. The zero-order valence-corrected chi connectivity index (χ0v) is 15.7. The smallest absolute Gasteiger partial charge is 0.144 e. The predicted octanol–water partition coefficient (Wildman–Crippen LogP) is 5.79. The molecule has 0 aromatic heterocycles. The Morgan fingerprint density at radius 2 is 1.70 bits per heavy atom. The maximum absolute atomic E-state index is 13.0. The summed E-state index contributed by atoms with van der Waals surface area (Å²) in [6.07, 6.45) is 11.5. The van der Waals surface area contributed by atoms with E-state index in [4.69, 9.17) is 0 Å². The van der Waals surface area contributed by atoms with E-state index >= 15 is 0 Å². The minimum Gasteiger partial charge on any atom is -0.298 e. The molecule has 1 heteroatoms. The third-order valence-electron chi connectivity index (χ3n) is 8.60. The van der Waals surface area contributed by atoms with Crippen LogP contribution in [0.15, 0.2) is 11.6 Å². The Morgan fingerprint density at radius 1 is 1.00 bits per heavy atom. The minimum absolute atomic E-state index is 0.0334. The first-order valence-corrected chi connectivity index (χ1v) is 9.93. The number of ketones is 1. The van der Waals surface area contributed by atoms with Crippen molar-refractivity contribution in [3.05, 3.63) is 11.6 Å². The van der Waals surface area contributed by atoms with Gasteiger partial charge in [0.05, 0.1) is 0 Å². The van der Waals surface area contributed by atoms with E-state index in [2.05, 4.69) is 40.7 Å². The van der Waals surface area contributed by atoms with E-state index in [1.165, 1.54) is 32.1 Å². The van der Waals surface area contributed by atoms with E-state index in [0.717, 1.165) is 30.6 Å². The monoisotopic (exact) mass is 314 g/mol. The molecule has 0 aromatic carbocycles. The van der Waals surface area contributed by atoms with Crippen molar-refractivity contribution in [3.63, 3.8) is 0 Å². The third kappa shape index (κ3) is 2.01. The fourth-order valence-corrected chi connectivity index (χ4v) is 7.24. The lowest BCUT2D eigenvalue weighted by Gasteiger charge is -2.57. The maximum atomic E-state index is 13.0. The Labute approximate surface area is 142 Å². The summed E-state index contributed by atoms with van der Waals surface area (Å²) in [5.74, 6) is 3.63. The zero-order chi connectivity index (χ0) is 16.6. The summed E-state index contributed by atoms with van der Waals surface area (Å²) in [5.41, 5.74) is 2.07. The highest BCUT2D eigenvalue weighted by Gasteiger charge is 2.62. The molecule has 4 aliphatic carbocycles. The van der Waals surface area contributed by atoms with Crippen LogP contribution in [0.5, 0.6) is 0 Å². The van der Waals surface area contributed by atoms with E-state index < -0.39 is 0 Å². The molecule has 0 aromatic rings. The van der Waals surface area contributed by atoms with Gasteiger partial charge in [-0.05, 0) is 74.0 Å². The summed E-state index contributed by atoms with van der Waals surface area (Å²) >= 11 is 0. The molecular formula is C22H34O. The van der Waals surface area contributed by atoms with Crippen molar-refractivity contribution >= 4 is 5.78 Å². The van der Waals surface area contributed by atoms with Crippen molar-refractivity contribution in [2.45, 2.75) is 79.6 Å². The summed E-state index contributed by atoms with van der Waals surface area (Å²) in [4.78, 5) is 13.0. The second-order valence-electron chi connectivity index (χ2n) is 10.5. The molecule has 0 N–H and O–H groups in total. The van der Waals surface area contributed by atoms with Crippen molar-refractivity contribution in [2.24, 2.45) is 39.9 Å². The maximum Gasteiger partial charge on any atom is 0.144 e. The lowest BCUT2D eigenvalue weighted by Crippen LogP contribution is -2.50. The van der Waals surface area contributed by atoms with Crippen LogP contribution in [0.4, 0.5) is 0 Å². The Balaban J connectivity index is 1.71. The summed E-state index contributed by atoms with van der Waals surface area (Å²) in [6.45, 7) is 11.7. The van der Waals surface area contributed by atoms with Crippen LogP contribution in [0.3, 0.4) is 0 Å². The zero-order valence-electron chi connectivity index (χ0n) is 15.7. The molecule has 0 heterocycles. The number of allylic oxidation sites excluding steroid dienone is 2. The first-order chi connectivity index (χ1) is 10.7. The van der Waals surface area contributed by atoms with Gasteiger partial charge in [-0.3, -0.25) is 4.79 Å². The Bertz CT molecular complexity index is 571. The van der Waals surface area contributed by atoms with Gasteiger partial charge in [-0.1, -0.05) is 46.3 Å². The molecule has 3 saturated carbocycles. The van der Waals surface area contributed by atoms with Crippen LogP contribution < -0.4 is 0 Å². The lowest BCUT2D eigenvalue weighted by atomic mass is 9.47. The van der Waals surface area contributed by atoms with Crippen LogP contribution in [0, 0.1) is 39.9 Å². The highest BCUT2D eigenvalue weighted by molar-refractivity contribution is 5.92. The van der Waals surface area contributed by atoms with Crippen molar-refractivity contribution in [1.82, 2.24) is 0 Å². The highest BCUT2D eigenvalue weighted by Crippen LogP contribution is 2.66. The predicted molar refractivity (Wildman–Crippen MR) is 95.0 cm³/mol. The largest absolute Gasteiger partial charge is 0.298 e. The van der Waals surface area contributed by atoms with Crippen molar-refractivity contribution < 1.29 is 4.79 Å². The standard InChI is InChI=1S/C22H34O/c1-14-8-10-21(4)15(12-14)6-7-16-17(21)9-11-22(5)18(16)13-20(2,3)19(22)23/h6,14,16-18H,7-13H2,1-5H3/t14?,16-,17-,18+,21+,22+/m1/s1. The molecule has 23 heavy (non-hydrogen) atoms. The number of fused-ring (bicyclic) bond motifs is 5. The summed E-state index contributed by atoms with van der Waals surface area (Å²) < 4.78 is 0. The highest BCUT2D eigenvalue weighted by atomic mass is 16.1. The second kappa shape index (κ2) is 4.73. The summed E-state index contributed by atoms with van der Waals surface area (Å²) in [5, 5.41) is 0. The molecule has 0 spiro atoms. The molecule has 1 unspecified atom stereocenters. The number of hydrogen-bond donors (Lipinski definition) is 0. The van der Waals surface area contributed by atoms with Crippen LogP contribution in [0.2, 0.25) is 0 Å². The lowest BCUT2D eigenvalue weighted by molar-refractivity contribution is -0.136. The SMILES string of the molecule is CC1CC[C@@]2(C)C(=CC[C@@H]3[C@H]2CC[C@]2(C)C(=O)C(C)(C)C[C@@H]32)C1. The van der Waals surface area contributed by atoms with Gasteiger partial charge in [-0.2, -0.15) is 0 Å². The topological polar surface area (TPSA) is 17.1 Å². The van der Waals surface area contributed by atoms with Crippen molar-refractivity contribution in [3.8, 4) is 0 Å². The van der Waals surface area contributed by atoms with Crippen molar-refractivity contribution in [2.75, 3.05) is 0 Å². The van der Waals surface area contributed by atoms with Gasteiger partial charge in [0.25, 0.3) is 0 Å². The molecule has 6 atom stereocenters. The first kappa shape index (κ1) is 15.9. The Hall–Kier alpha value is -0.590. The molecule has 0 amide bonds. The van der Waals surface area contributed by atoms with E-state index in [1.54, 1.807) is 5.57 Å². The fourth-order valence-electron chi connectivity index (χ4n) is 7.24. The van der Waals surface area contributed by atoms with Crippen LogP contribution in [0.1, 0.15) is 79.6 Å². The van der Waals surface area contributed by atoms with Crippen LogP contribution in [-0.4, -0.2) is 5.78 Å². The third-order valence-corrected chi connectivity index (χ3v) is 8.60. The molecule has 0 bridgehead atoms. The summed E-state index contributed by atoms with van der Waals surface area (Å²) in [6, 6.07) is 0. The fraction of sp³-hybridized carbons (Fsp3) is 0.864. The van der Waals surface area contributed by atoms with E-state index in [-0.39, 0.29) is 10.8 Å². The number of Topliss-reactive ketones (excluding diaryl/α,β-unsaturated/α-hetero) is 1. The van der Waals surface area contributed by atoms with Gasteiger partial charge in [0.2, 0.25) is 0 Å². The number of rotatable bonds is 0. The molecule has 4 aliphatic rings. The molecular weight excluding hydrogens is 280 g/mol. The molecule has 4 rings (SSSR count). The van der Waals surface area contributed by atoms with E-state index in [1.807, 2.05) is 0 Å². The molecule has 0 aliphatic heterocycles. The first-order valence-electron chi connectivity index (χ1n) is 9.93. The van der Waals surface area contributed by atoms with Gasteiger partial charge in [-0.15, -0.1) is 0 Å². The minimum atomic E-state index is -0.0969. The molecule has 128 valence electrons. The molecule has 1 nitrogen and oxygen atoms in total. The van der Waals surface area contributed by atoms with Gasteiger partial charge in [0.1, 0.15) is 5.78 Å². The normalized spacial score (nSPS) is 51.5. The van der Waals surface area contributed by atoms with Gasteiger partial charge in [-0.25, -0.2) is 0 Å². The quantitative estimate of drug-likeness (QED) is 0.517. The van der Waals surface area contributed by atoms with Gasteiger partial charge in [0.15, 0.2) is 0 Å². The average molecular weight is 315 g/mol. The van der Waals surface area contributed by atoms with Gasteiger partial charge >= 0.3 is 0 Å². The van der Waals surface area contributed by atoms with E-state index in [0.29, 0.717) is 17.1 Å². The number of carbonyl (C=O) groups is 1. The second-order valence-corrected chi connectivity index (χ2v) is 10.5.